The van der Waals surface area contributed by atoms with Gasteiger partial charge < -0.3 is 10.5 Å². The molecule has 0 saturated heterocycles. The van der Waals surface area contributed by atoms with Crippen LogP contribution in [0.5, 0.6) is 5.75 Å². The van der Waals surface area contributed by atoms with Gasteiger partial charge in [-0.25, -0.2) is 8.78 Å². The zero-order valence-corrected chi connectivity index (χ0v) is 8.09. The summed E-state index contributed by atoms with van der Waals surface area (Å²) in [5, 5.41) is 0. The highest BCUT2D eigenvalue weighted by atomic mass is 19.1. The Hall–Kier alpha value is -1.42. The van der Waals surface area contributed by atoms with E-state index in [2.05, 4.69) is 0 Å². The molecule has 2 rings (SSSR count). The number of rotatable bonds is 2. The Kier molecular flexibility index (Phi) is 2.68. The standard InChI is InChI=1S/C11H11F2NO/c12-9-6-10-8(3-5-15-10)11(13)7(9)2-1-4-14/h1-2,6H,3-5,14H2/b2-1+. The smallest absolute Gasteiger partial charge is 0.140 e. The van der Waals surface area contributed by atoms with E-state index in [9.17, 15) is 8.78 Å². The van der Waals surface area contributed by atoms with E-state index in [4.69, 9.17) is 10.5 Å². The van der Waals surface area contributed by atoms with Gasteiger partial charge in [0.05, 0.1) is 6.61 Å². The monoisotopic (exact) mass is 211 g/mol. The van der Waals surface area contributed by atoms with E-state index < -0.39 is 11.6 Å². The molecule has 0 radical (unpaired) electrons. The van der Waals surface area contributed by atoms with Crippen LogP contribution in [0.15, 0.2) is 12.1 Å². The Labute approximate surface area is 86.3 Å². The topological polar surface area (TPSA) is 35.2 Å². The molecule has 0 amide bonds. The molecule has 0 aliphatic carbocycles. The quantitative estimate of drug-likeness (QED) is 0.810. The van der Waals surface area contributed by atoms with Crippen LogP contribution in [0.1, 0.15) is 11.1 Å². The second-order valence-corrected chi connectivity index (χ2v) is 3.30. The van der Waals surface area contributed by atoms with Crippen molar-refractivity contribution in [3.63, 3.8) is 0 Å². The minimum atomic E-state index is -0.613. The second-order valence-electron chi connectivity index (χ2n) is 3.30. The molecule has 4 heteroatoms. The summed E-state index contributed by atoms with van der Waals surface area (Å²) >= 11 is 0. The maximum atomic E-state index is 13.7. The lowest BCUT2D eigenvalue weighted by molar-refractivity contribution is 0.355. The van der Waals surface area contributed by atoms with Crippen LogP contribution in [0.3, 0.4) is 0 Å². The van der Waals surface area contributed by atoms with E-state index in [0.29, 0.717) is 24.3 Å². The molecule has 1 aliphatic heterocycles. The average Bonchev–Trinajstić information content (AvgIpc) is 2.65. The Morgan fingerprint density at radius 3 is 3.00 bits per heavy atom. The lowest BCUT2D eigenvalue weighted by atomic mass is 10.1. The molecule has 80 valence electrons. The largest absolute Gasteiger partial charge is 0.493 e. The van der Waals surface area contributed by atoms with Crippen LogP contribution in [0.2, 0.25) is 0 Å². The van der Waals surface area contributed by atoms with Crippen LogP contribution >= 0.6 is 0 Å². The normalized spacial score (nSPS) is 14.3. The van der Waals surface area contributed by atoms with Crippen molar-refractivity contribution in [3.05, 3.63) is 34.9 Å². The van der Waals surface area contributed by atoms with Crippen molar-refractivity contribution in [2.24, 2.45) is 5.73 Å². The predicted octanol–water partition coefficient (Wildman–Crippen LogP) is 1.87. The van der Waals surface area contributed by atoms with Crippen molar-refractivity contribution < 1.29 is 13.5 Å². The molecule has 0 saturated carbocycles. The van der Waals surface area contributed by atoms with Crippen molar-refractivity contribution in [2.45, 2.75) is 6.42 Å². The summed E-state index contributed by atoms with van der Waals surface area (Å²) in [6, 6.07) is 1.22. The molecule has 0 unspecified atom stereocenters. The van der Waals surface area contributed by atoms with Gasteiger partial charge in [-0.3, -0.25) is 0 Å². The van der Waals surface area contributed by atoms with Gasteiger partial charge >= 0.3 is 0 Å². The molecule has 0 bridgehead atoms. The second kappa shape index (κ2) is 3.98. The van der Waals surface area contributed by atoms with Crippen molar-refractivity contribution in [3.8, 4) is 5.75 Å². The van der Waals surface area contributed by atoms with Gasteiger partial charge in [-0.15, -0.1) is 0 Å². The van der Waals surface area contributed by atoms with E-state index in [-0.39, 0.29) is 12.1 Å². The number of hydrogen-bond donors (Lipinski definition) is 1. The molecule has 0 fully saturated rings. The van der Waals surface area contributed by atoms with Gasteiger partial charge in [0.15, 0.2) is 0 Å². The van der Waals surface area contributed by atoms with Gasteiger partial charge in [0.1, 0.15) is 17.4 Å². The molecule has 1 aromatic rings. The minimum Gasteiger partial charge on any atom is -0.493 e. The van der Waals surface area contributed by atoms with Gasteiger partial charge in [-0.05, 0) is 0 Å². The summed E-state index contributed by atoms with van der Waals surface area (Å²) in [4.78, 5) is 0. The van der Waals surface area contributed by atoms with Crippen molar-refractivity contribution in [1.82, 2.24) is 0 Å². The molecular weight excluding hydrogens is 200 g/mol. The number of fused-ring (bicyclic) bond motifs is 1. The molecule has 2 N–H and O–H groups in total. The summed E-state index contributed by atoms with van der Waals surface area (Å²) in [5.41, 5.74) is 5.65. The van der Waals surface area contributed by atoms with E-state index >= 15 is 0 Å². The summed E-state index contributed by atoms with van der Waals surface area (Å²) in [5.74, 6) is -0.833. The molecule has 0 spiro atoms. The number of nitrogens with two attached hydrogens (primary N) is 1. The van der Waals surface area contributed by atoms with E-state index in [1.54, 1.807) is 0 Å². The molecule has 1 aliphatic rings. The first-order valence-electron chi connectivity index (χ1n) is 4.74. The fourth-order valence-electron chi connectivity index (χ4n) is 1.62. The van der Waals surface area contributed by atoms with Gasteiger partial charge in [0, 0.05) is 30.2 Å². The van der Waals surface area contributed by atoms with Gasteiger partial charge in [-0.2, -0.15) is 0 Å². The Balaban J connectivity index is 2.51. The third-order valence-corrected chi connectivity index (χ3v) is 2.34. The van der Waals surface area contributed by atoms with Crippen molar-refractivity contribution in [2.75, 3.05) is 13.2 Å². The minimum absolute atomic E-state index is 0.0373. The van der Waals surface area contributed by atoms with Gasteiger partial charge in [-0.1, -0.05) is 12.2 Å². The van der Waals surface area contributed by atoms with Crippen LogP contribution in [-0.2, 0) is 6.42 Å². The first-order chi connectivity index (χ1) is 7.24. The first kappa shape index (κ1) is 10.1. The fraction of sp³-hybridized carbons (Fsp3) is 0.273. The fourth-order valence-corrected chi connectivity index (χ4v) is 1.62. The lowest BCUT2D eigenvalue weighted by Crippen LogP contribution is -1.96. The summed E-state index contributed by atoms with van der Waals surface area (Å²) in [7, 11) is 0. The Morgan fingerprint density at radius 1 is 1.47 bits per heavy atom. The summed E-state index contributed by atoms with van der Waals surface area (Å²) in [6.07, 6.45) is 3.37. The van der Waals surface area contributed by atoms with Crippen LogP contribution in [0.4, 0.5) is 8.78 Å². The molecule has 2 nitrogen and oxygen atoms in total. The third kappa shape index (κ3) is 1.72. The van der Waals surface area contributed by atoms with Crippen LogP contribution in [-0.4, -0.2) is 13.2 Å². The highest BCUT2D eigenvalue weighted by Gasteiger charge is 2.21. The average molecular weight is 211 g/mol. The van der Waals surface area contributed by atoms with Crippen molar-refractivity contribution >= 4 is 6.08 Å². The highest BCUT2D eigenvalue weighted by molar-refractivity contribution is 5.56. The van der Waals surface area contributed by atoms with E-state index in [1.165, 1.54) is 18.2 Å². The lowest BCUT2D eigenvalue weighted by Gasteiger charge is -2.04. The molecule has 1 aromatic carbocycles. The maximum absolute atomic E-state index is 13.7. The molecule has 0 atom stereocenters. The number of halogens is 2. The number of ether oxygens (including phenoxy) is 1. The third-order valence-electron chi connectivity index (χ3n) is 2.34. The maximum Gasteiger partial charge on any atom is 0.140 e. The zero-order valence-electron chi connectivity index (χ0n) is 8.09. The van der Waals surface area contributed by atoms with Crippen molar-refractivity contribution in [1.29, 1.82) is 0 Å². The van der Waals surface area contributed by atoms with Crippen LogP contribution in [0, 0.1) is 11.6 Å². The Morgan fingerprint density at radius 2 is 2.27 bits per heavy atom. The van der Waals surface area contributed by atoms with Crippen LogP contribution < -0.4 is 10.5 Å². The number of hydrogen-bond acceptors (Lipinski definition) is 2. The SMILES string of the molecule is NC/C=C/c1c(F)cc2c(c1F)CCO2. The Bertz CT molecular complexity index is 416. The first-order valence-corrected chi connectivity index (χ1v) is 4.74. The zero-order chi connectivity index (χ0) is 10.8. The predicted molar refractivity (Wildman–Crippen MR) is 53.6 cm³/mol. The summed E-state index contributed by atoms with van der Waals surface area (Å²) < 4.78 is 32.3. The van der Waals surface area contributed by atoms with E-state index in [1.807, 2.05) is 0 Å². The summed E-state index contributed by atoms with van der Waals surface area (Å²) in [6.45, 7) is 0.669. The van der Waals surface area contributed by atoms with Gasteiger partial charge in [0.25, 0.3) is 0 Å². The molecule has 15 heavy (non-hydrogen) atoms. The van der Waals surface area contributed by atoms with Gasteiger partial charge in [0.2, 0.25) is 0 Å². The molecule has 1 heterocycles. The number of benzene rings is 1. The molecule has 0 aromatic heterocycles. The highest BCUT2D eigenvalue weighted by Crippen LogP contribution is 2.32. The van der Waals surface area contributed by atoms with E-state index in [0.717, 1.165) is 0 Å². The molecular formula is C11H11F2NO. The van der Waals surface area contributed by atoms with Crippen LogP contribution in [0.25, 0.3) is 6.08 Å².